The van der Waals surface area contributed by atoms with Crippen molar-refractivity contribution in [3.63, 3.8) is 0 Å². The summed E-state index contributed by atoms with van der Waals surface area (Å²) >= 11 is 0. The van der Waals surface area contributed by atoms with Gasteiger partial charge < -0.3 is 4.90 Å². The fourth-order valence-electron chi connectivity index (χ4n) is 4.68. The molecule has 1 aliphatic carbocycles. The van der Waals surface area contributed by atoms with Gasteiger partial charge in [0.1, 0.15) is 0 Å². The van der Waals surface area contributed by atoms with Crippen LogP contribution >= 0.6 is 0 Å². The van der Waals surface area contributed by atoms with Crippen LogP contribution in [0.4, 0.5) is 0 Å². The van der Waals surface area contributed by atoms with Gasteiger partial charge in [0.15, 0.2) is 0 Å². The Balaban J connectivity index is 1.28. The van der Waals surface area contributed by atoms with Gasteiger partial charge >= 0.3 is 0 Å². The molecule has 1 saturated heterocycles. The first kappa shape index (κ1) is 23.7. The zero-order valence-corrected chi connectivity index (χ0v) is 20.5. The number of nitrogens with one attached hydrogen (secondary N) is 1. The van der Waals surface area contributed by atoms with E-state index in [1.807, 2.05) is 17.0 Å². The lowest BCUT2D eigenvalue weighted by molar-refractivity contribution is 0.0597. The highest BCUT2D eigenvalue weighted by Crippen LogP contribution is 2.30. The zero-order valence-electron chi connectivity index (χ0n) is 19.7. The Morgan fingerprint density at radius 3 is 2.00 bits per heavy atom. The summed E-state index contributed by atoms with van der Waals surface area (Å²) in [6.45, 7) is 3.12. The third-order valence-electron chi connectivity index (χ3n) is 6.85. The molecular formula is C28H31N3O3S. The van der Waals surface area contributed by atoms with Crippen molar-refractivity contribution in [1.82, 2.24) is 14.5 Å². The van der Waals surface area contributed by atoms with Crippen molar-refractivity contribution < 1.29 is 13.2 Å². The largest absolute Gasteiger partial charge is 0.336 e. The van der Waals surface area contributed by atoms with E-state index < -0.39 is 10.0 Å². The van der Waals surface area contributed by atoms with E-state index in [0.717, 1.165) is 25.9 Å². The molecule has 0 aromatic heterocycles. The maximum Gasteiger partial charge on any atom is 0.253 e. The Morgan fingerprint density at radius 1 is 0.829 bits per heavy atom. The highest BCUT2D eigenvalue weighted by atomic mass is 32.2. The van der Waals surface area contributed by atoms with Gasteiger partial charge in [-0.2, -0.15) is 0 Å². The first-order chi connectivity index (χ1) is 17.0. The topological polar surface area (TPSA) is 69.7 Å². The summed E-state index contributed by atoms with van der Waals surface area (Å²) in [6, 6.07) is 27.4. The average Bonchev–Trinajstić information content (AvgIpc) is 3.74. The summed E-state index contributed by atoms with van der Waals surface area (Å²) in [5.74, 6) is 0.321. The quantitative estimate of drug-likeness (QED) is 0.521. The van der Waals surface area contributed by atoms with Gasteiger partial charge in [-0.25, -0.2) is 13.1 Å². The molecule has 0 bridgehead atoms. The van der Waals surface area contributed by atoms with E-state index in [4.69, 9.17) is 0 Å². The Hall–Kier alpha value is -3.00. The Bertz CT molecular complexity index is 1210. The van der Waals surface area contributed by atoms with E-state index in [2.05, 4.69) is 58.2 Å². The molecule has 182 valence electrons. The first-order valence-electron chi connectivity index (χ1n) is 12.2. The zero-order chi connectivity index (χ0) is 24.3. The van der Waals surface area contributed by atoms with Crippen molar-refractivity contribution >= 4 is 15.9 Å². The van der Waals surface area contributed by atoms with Crippen LogP contribution in [0.5, 0.6) is 0 Å². The van der Waals surface area contributed by atoms with E-state index in [9.17, 15) is 13.2 Å². The first-order valence-corrected chi connectivity index (χ1v) is 13.7. The van der Waals surface area contributed by atoms with E-state index in [0.29, 0.717) is 31.1 Å². The Kier molecular flexibility index (Phi) is 7.00. The number of hydrogen-bond donors (Lipinski definition) is 1. The number of amides is 1. The van der Waals surface area contributed by atoms with E-state index in [-0.39, 0.29) is 16.8 Å². The van der Waals surface area contributed by atoms with Gasteiger partial charge in [-0.3, -0.25) is 9.69 Å². The van der Waals surface area contributed by atoms with E-state index in [1.165, 1.54) is 17.2 Å². The lowest BCUT2D eigenvalue weighted by atomic mass is 9.96. The second-order valence-electron chi connectivity index (χ2n) is 9.38. The average molecular weight is 490 g/mol. The summed E-state index contributed by atoms with van der Waals surface area (Å²) < 4.78 is 28.0. The monoisotopic (exact) mass is 489 g/mol. The van der Waals surface area contributed by atoms with Crippen molar-refractivity contribution in [2.24, 2.45) is 5.92 Å². The minimum Gasteiger partial charge on any atom is -0.336 e. The van der Waals surface area contributed by atoms with Crippen LogP contribution in [0, 0.1) is 5.92 Å². The smallest absolute Gasteiger partial charge is 0.253 e. The molecular weight excluding hydrogens is 458 g/mol. The second kappa shape index (κ2) is 10.3. The van der Waals surface area contributed by atoms with Crippen LogP contribution in [0.2, 0.25) is 0 Å². The minimum absolute atomic E-state index is 0.125. The van der Waals surface area contributed by atoms with Crippen LogP contribution in [0.15, 0.2) is 89.8 Å². The number of rotatable bonds is 8. The van der Waals surface area contributed by atoms with Crippen molar-refractivity contribution in [1.29, 1.82) is 0 Å². The lowest BCUT2D eigenvalue weighted by Crippen LogP contribution is -2.49. The van der Waals surface area contributed by atoms with Gasteiger partial charge in [-0.05, 0) is 48.1 Å². The lowest BCUT2D eigenvalue weighted by Gasteiger charge is -2.39. The van der Waals surface area contributed by atoms with Crippen LogP contribution in [-0.2, 0) is 10.0 Å². The molecule has 35 heavy (non-hydrogen) atoms. The Morgan fingerprint density at radius 2 is 1.43 bits per heavy atom. The molecule has 2 fully saturated rings. The van der Waals surface area contributed by atoms with Crippen molar-refractivity contribution in [2.45, 2.75) is 23.8 Å². The molecule has 1 heterocycles. The van der Waals surface area contributed by atoms with Gasteiger partial charge in [0.25, 0.3) is 5.91 Å². The molecule has 1 aliphatic heterocycles. The van der Waals surface area contributed by atoms with Crippen LogP contribution in [0.25, 0.3) is 0 Å². The molecule has 3 aromatic rings. The second-order valence-corrected chi connectivity index (χ2v) is 11.1. The normalized spacial score (nSPS) is 17.0. The summed E-state index contributed by atoms with van der Waals surface area (Å²) in [5.41, 5.74) is 2.88. The van der Waals surface area contributed by atoms with Gasteiger partial charge in [-0.15, -0.1) is 0 Å². The van der Waals surface area contributed by atoms with Crippen molar-refractivity contribution in [3.05, 3.63) is 102 Å². The van der Waals surface area contributed by atoms with Crippen LogP contribution < -0.4 is 4.72 Å². The maximum atomic E-state index is 13.3. The highest BCUT2D eigenvalue weighted by Gasteiger charge is 2.29. The number of carbonyl (C=O) groups is 1. The molecule has 3 aromatic carbocycles. The van der Waals surface area contributed by atoms with Gasteiger partial charge in [0.2, 0.25) is 10.0 Å². The van der Waals surface area contributed by atoms with Crippen molar-refractivity contribution in [3.8, 4) is 0 Å². The van der Waals surface area contributed by atoms with Crippen molar-refractivity contribution in [2.75, 3.05) is 32.7 Å². The molecule has 0 radical (unpaired) electrons. The Labute approximate surface area is 207 Å². The summed E-state index contributed by atoms with van der Waals surface area (Å²) in [7, 11) is -3.61. The fraction of sp³-hybridized carbons (Fsp3) is 0.321. The predicted octanol–water partition coefficient (Wildman–Crippen LogP) is 3.92. The molecule has 0 atom stereocenters. The van der Waals surface area contributed by atoms with Gasteiger partial charge in [0, 0.05) is 38.3 Å². The van der Waals surface area contributed by atoms with Crippen LogP contribution in [0.1, 0.15) is 40.4 Å². The number of hydrogen-bond acceptors (Lipinski definition) is 4. The fourth-order valence-corrected chi connectivity index (χ4v) is 5.84. The molecule has 0 spiro atoms. The third kappa shape index (κ3) is 5.64. The molecule has 7 heteroatoms. The molecule has 1 amide bonds. The van der Waals surface area contributed by atoms with E-state index >= 15 is 0 Å². The molecule has 2 aliphatic rings. The standard InChI is InChI=1S/C28H31N3O3S/c32-28(25-12-7-13-26(20-25)35(33,34)29-21-22-14-15-22)31-18-16-30(17-19-31)27(23-8-3-1-4-9-23)24-10-5-2-6-11-24/h1-13,20,22,27,29H,14-19,21H2. The summed E-state index contributed by atoms with van der Waals surface area (Å²) in [4.78, 5) is 17.7. The number of piperazine rings is 1. The number of nitrogens with zero attached hydrogens (tertiary/aromatic N) is 2. The third-order valence-corrected chi connectivity index (χ3v) is 8.27. The predicted molar refractivity (Wildman–Crippen MR) is 137 cm³/mol. The molecule has 1 saturated carbocycles. The van der Waals surface area contributed by atoms with Gasteiger partial charge in [-0.1, -0.05) is 66.7 Å². The maximum absolute atomic E-state index is 13.3. The molecule has 0 unspecified atom stereocenters. The minimum atomic E-state index is -3.61. The summed E-state index contributed by atoms with van der Waals surface area (Å²) in [6.07, 6.45) is 2.14. The number of sulfonamides is 1. The number of carbonyl (C=O) groups excluding carboxylic acids is 1. The number of benzene rings is 3. The van der Waals surface area contributed by atoms with E-state index in [1.54, 1.807) is 18.2 Å². The highest BCUT2D eigenvalue weighted by molar-refractivity contribution is 7.89. The summed E-state index contributed by atoms with van der Waals surface area (Å²) in [5, 5.41) is 0. The SMILES string of the molecule is O=C(c1cccc(S(=O)(=O)NCC2CC2)c1)N1CCN(C(c2ccccc2)c2ccccc2)CC1. The molecule has 6 nitrogen and oxygen atoms in total. The van der Waals surface area contributed by atoms with Crippen LogP contribution in [0.3, 0.4) is 0 Å². The molecule has 1 N–H and O–H groups in total. The molecule has 5 rings (SSSR count). The van der Waals surface area contributed by atoms with Gasteiger partial charge in [0.05, 0.1) is 10.9 Å². The van der Waals surface area contributed by atoms with Crippen LogP contribution in [-0.4, -0.2) is 56.8 Å².